The van der Waals surface area contributed by atoms with Gasteiger partial charge < -0.3 is 10.1 Å². The van der Waals surface area contributed by atoms with Crippen LogP contribution in [0, 0.1) is 5.92 Å². The molecule has 0 aliphatic heterocycles. The number of alkyl halides is 3. The second kappa shape index (κ2) is 5.82. The predicted octanol–water partition coefficient (Wildman–Crippen LogP) is 4.04. The minimum atomic E-state index is -4.64. The monoisotopic (exact) mass is 273 g/mol. The first-order valence-corrected chi connectivity index (χ1v) is 6.51. The van der Waals surface area contributed by atoms with Crippen molar-refractivity contribution >= 4 is 0 Å². The molecule has 0 spiro atoms. The Morgan fingerprint density at radius 3 is 2.63 bits per heavy atom. The van der Waals surface area contributed by atoms with Crippen LogP contribution in [0.2, 0.25) is 0 Å². The van der Waals surface area contributed by atoms with Crippen LogP contribution < -0.4 is 10.1 Å². The van der Waals surface area contributed by atoms with Gasteiger partial charge in [0, 0.05) is 6.04 Å². The molecule has 0 amide bonds. The molecule has 1 atom stereocenters. The molecule has 1 fully saturated rings. The molecule has 1 unspecified atom stereocenters. The van der Waals surface area contributed by atoms with Gasteiger partial charge in [-0.2, -0.15) is 0 Å². The maximum absolute atomic E-state index is 12.2. The van der Waals surface area contributed by atoms with Crippen molar-refractivity contribution in [2.75, 3.05) is 7.05 Å². The zero-order valence-corrected chi connectivity index (χ0v) is 10.8. The van der Waals surface area contributed by atoms with Crippen LogP contribution >= 0.6 is 0 Å². The highest BCUT2D eigenvalue weighted by atomic mass is 19.4. The molecule has 106 valence electrons. The number of ether oxygens (including phenoxy) is 1. The molecular weight excluding hydrogens is 255 g/mol. The van der Waals surface area contributed by atoms with Crippen molar-refractivity contribution in [2.45, 2.75) is 38.1 Å². The molecule has 2 nitrogen and oxygen atoms in total. The van der Waals surface area contributed by atoms with E-state index in [1.165, 1.54) is 31.4 Å². The number of hydrogen-bond acceptors (Lipinski definition) is 2. The molecule has 0 radical (unpaired) electrons. The van der Waals surface area contributed by atoms with Gasteiger partial charge >= 0.3 is 6.36 Å². The number of benzene rings is 1. The fraction of sp³-hybridized carbons (Fsp3) is 0.571. The Morgan fingerprint density at radius 2 is 2.11 bits per heavy atom. The highest BCUT2D eigenvalue weighted by Gasteiger charge is 2.31. The highest BCUT2D eigenvalue weighted by molar-refractivity contribution is 5.30. The van der Waals surface area contributed by atoms with E-state index < -0.39 is 6.36 Å². The van der Waals surface area contributed by atoms with Crippen LogP contribution in [0.3, 0.4) is 0 Å². The summed E-state index contributed by atoms with van der Waals surface area (Å²) >= 11 is 0. The summed E-state index contributed by atoms with van der Waals surface area (Å²) in [7, 11) is 1.83. The van der Waals surface area contributed by atoms with Crippen LogP contribution in [0.25, 0.3) is 0 Å². The summed E-state index contributed by atoms with van der Waals surface area (Å²) in [6.07, 6.45) is 0.0277. The Morgan fingerprint density at radius 1 is 1.37 bits per heavy atom. The maximum Gasteiger partial charge on any atom is 0.573 e. The van der Waals surface area contributed by atoms with E-state index in [-0.39, 0.29) is 11.8 Å². The quantitative estimate of drug-likeness (QED) is 0.874. The molecule has 0 bridgehead atoms. The highest BCUT2D eigenvalue weighted by Crippen LogP contribution is 2.35. The second-order valence-corrected chi connectivity index (χ2v) is 4.99. The number of hydrogen-bond donors (Lipinski definition) is 1. The molecule has 1 N–H and O–H groups in total. The van der Waals surface area contributed by atoms with E-state index in [0.717, 1.165) is 12.0 Å². The van der Waals surface area contributed by atoms with Crippen molar-refractivity contribution in [2.24, 2.45) is 5.92 Å². The van der Waals surface area contributed by atoms with E-state index in [2.05, 4.69) is 10.1 Å². The normalized spacial score (nSPS) is 17.9. The summed E-state index contributed by atoms with van der Waals surface area (Å²) in [5.41, 5.74) is 0.844. The van der Waals surface area contributed by atoms with Gasteiger partial charge in [-0.15, -0.1) is 13.2 Å². The van der Waals surface area contributed by atoms with E-state index in [0.29, 0.717) is 5.92 Å². The average Bonchev–Trinajstić information content (AvgIpc) is 2.26. The lowest BCUT2D eigenvalue weighted by molar-refractivity contribution is -0.274. The molecule has 1 aliphatic rings. The molecule has 0 heterocycles. The lowest BCUT2D eigenvalue weighted by Gasteiger charge is -2.30. The lowest BCUT2D eigenvalue weighted by atomic mass is 9.79. The number of nitrogens with one attached hydrogen (secondary N) is 1. The fourth-order valence-electron chi connectivity index (χ4n) is 2.41. The topological polar surface area (TPSA) is 21.3 Å². The van der Waals surface area contributed by atoms with E-state index in [1.807, 2.05) is 13.1 Å². The average molecular weight is 273 g/mol. The first kappa shape index (κ1) is 14.2. The molecule has 0 aromatic heterocycles. The second-order valence-electron chi connectivity index (χ2n) is 4.99. The van der Waals surface area contributed by atoms with E-state index in [1.54, 1.807) is 6.07 Å². The van der Waals surface area contributed by atoms with Crippen LogP contribution in [0.1, 0.15) is 37.3 Å². The lowest BCUT2D eigenvalue weighted by Crippen LogP contribution is -2.23. The fourth-order valence-corrected chi connectivity index (χ4v) is 2.41. The van der Waals surface area contributed by atoms with Crippen LogP contribution in [0.5, 0.6) is 5.75 Å². The summed E-state index contributed by atoms with van der Waals surface area (Å²) < 4.78 is 40.5. The van der Waals surface area contributed by atoms with Gasteiger partial charge in [0.25, 0.3) is 0 Å². The van der Waals surface area contributed by atoms with Gasteiger partial charge in [0.05, 0.1) is 0 Å². The summed E-state index contributed by atoms with van der Waals surface area (Å²) in [5.74, 6) is 0.531. The van der Waals surface area contributed by atoms with Crippen LogP contribution in [0.15, 0.2) is 24.3 Å². The number of rotatable bonds is 5. The predicted molar refractivity (Wildman–Crippen MR) is 66.9 cm³/mol. The minimum Gasteiger partial charge on any atom is -0.406 e. The van der Waals surface area contributed by atoms with Crippen molar-refractivity contribution in [1.82, 2.24) is 5.32 Å². The summed E-state index contributed by atoms with van der Waals surface area (Å²) in [5, 5.41) is 3.17. The van der Waals surface area contributed by atoms with Gasteiger partial charge in [0.2, 0.25) is 0 Å². The Balaban J connectivity index is 2.06. The van der Waals surface area contributed by atoms with Crippen molar-refractivity contribution in [3.05, 3.63) is 29.8 Å². The Kier molecular flexibility index (Phi) is 4.34. The van der Waals surface area contributed by atoms with Crippen molar-refractivity contribution in [3.63, 3.8) is 0 Å². The van der Waals surface area contributed by atoms with Gasteiger partial charge in [-0.3, -0.25) is 0 Å². The summed E-state index contributed by atoms with van der Waals surface area (Å²) in [4.78, 5) is 0. The van der Waals surface area contributed by atoms with Crippen molar-refractivity contribution in [3.8, 4) is 5.75 Å². The molecule has 1 saturated carbocycles. The first-order valence-electron chi connectivity index (χ1n) is 6.51. The molecule has 1 aliphatic carbocycles. The minimum absolute atomic E-state index is 0.0853. The van der Waals surface area contributed by atoms with E-state index in [9.17, 15) is 13.2 Å². The molecule has 5 heteroatoms. The van der Waals surface area contributed by atoms with Gasteiger partial charge in [-0.05, 0) is 37.1 Å². The van der Waals surface area contributed by atoms with Gasteiger partial charge in [0.15, 0.2) is 0 Å². The Bertz CT molecular complexity index is 415. The molecule has 1 aromatic carbocycles. The smallest absolute Gasteiger partial charge is 0.406 e. The third kappa shape index (κ3) is 4.13. The van der Waals surface area contributed by atoms with Crippen molar-refractivity contribution in [1.29, 1.82) is 0 Å². The van der Waals surface area contributed by atoms with Crippen LogP contribution in [0.4, 0.5) is 13.2 Å². The standard InChI is InChI=1S/C14H18F3NO/c1-18-13(8-10-4-2-5-10)11-6-3-7-12(9-11)19-14(15,16)17/h3,6-7,9-10,13,18H,2,4-5,8H2,1H3. The van der Waals surface area contributed by atoms with E-state index >= 15 is 0 Å². The largest absolute Gasteiger partial charge is 0.573 e. The third-order valence-electron chi connectivity index (χ3n) is 3.64. The van der Waals surface area contributed by atoms with Gasteiger partial charge in [0.1, 0.15) is 5.75 Å². The number of halogens is 3. The summed E-state index contributed by atoms with van der Waals surface area (Å²) in [6, 6.07) is 6.31. The van der Waals surface area contributed by atoms with E-state index in [4.69, 9.17) is 0 Å². The molecule has 19 heavy (non-hydrogen) atoms. The Hall–Kier alpha value is -1.23. The molecule has 2 rings (SSSR count). The van der Waals surface area contributed by atoms with Crippen molar-refractivity contribution < 1.29 is 17.9 Å². The SMILES string of the molecule is CNC(CC1CCC1)c1cccc(OC(F)(F)F)c1. The molecular formula is C14H18F3NO. The van der Waals surface area contributed by atoms with Gasteiger partial charge in [-0.25, -0.2) is 0 Å². The zero-order valence-electron chi connectivity index (χ0n) is 10.8. The molecule has 1 aromatic rings. The summed E-state index contributed by atoms with van der Waals surface area (Å²) in [6.45, 7) is 0. The zero-order chi connectivity index (χ0) is 13.9. The molecule has 0 saturated heterocycles. The maximum atomic E-state index is 12.2. The first-order chi connectivity index (χ1) is 8.98. The third-order valence-corrected chi connectivity index (χ3v) is 3.64. The van der Waals surface area contributed by atoms with Gasteiger partial charge in [-0.1, -0.05) is 31.4 Å². The Labute approximate surface area is 111 Å². The van der Waals surface area contributed by atoms with Crippen LogP contribution in [-0.2, 0) is 0 Å². The van der Waals surface area contributed by atoms with Crippen LogP contribution in [-0.4, -0.2) is 13.4 Å².